The topological polar surface area (TPSA) is 51.7 Å². The van der Waals surface area contributed by atoms with E-state index in [-0.39, 0.29) is 6.03 Å². The highest BCUT2D eigenvalue weighted by Crippen LogP contribution is 2.24. The van der Waals surface area contributed by atoms with Gasteiger partial charge in [-0.3, -0.25) is 4.90 Å². The summed E-state index contributed by atoms with van der Waals surface area (Å²) in [6, 6.07) is 1.01. The maximum atomic E-state index is 12.6. The number of likely N-dealkylation sites (tertiary alicyclic amines) is 2. The van der Waals surface area contributed by atoms with Gasteiger partial charge in [-0.2, -0.15) is 0 Å². The van der Waals surface area contributed by atoms with Crippen LogP contribution in [-0.2, 0) is 6.54 Å². The number of aromatic nitrogens is 1. The summed E-state index contributed by atoms with van der Waals surface area (Å²) in [6.45, 7) is 14.1. The van der Waals surface area contributed by atoms with Gasteiger partial charge in [-0.05, 0) is 39.5 Å². The van der Waals surface area contributed by atoms with Crippen LogP contribution in [0.25, 0.3) is 0 Å². The van der Waals surface area contributed by atoms with Gasteiger partial charge in [0.15, 0.2) is 0 Å². The number of carbonyl (C=O) groups is 1. The van der Waals surface area contributed by atoms with Crippen molar-refractivity contribution in [1.29, 1.82) is 0 Å². The number of amides is 2. The van der Waals surface area contributed by atoms with Crippen molar-refractivity contribution in [2.75, 3.05) is 39.3 Å². The summed E-state index contributed by atoms with van der Waals surface area (Å²) >= 11 is 1.75. The molecule has 0 unspecified atom stereocenters. The van der Waals surface area contributed by atoms with Crippen LogP contribution in [0, 0.1) is 12.3 Å². The monoisotopic (exact) mass is 457 g/mol. The van der Waals surface area contributed by atoms with Crippen LogP contribution in [0.1, 0.15) is 44.5 Å². The number of terminal acetylenes is 1. The number of thiazole rings is 1. The molecular weight excluding hydrogens is 418 g/mol. The fourth-order valence-electron chi connectivity index (χ4n) is 4.43. The number of nitrogens with one attached hydrogen (secondary N) is 1. The molecule has 1 aromatic heterocycles. The van der Waals surface area contributed by atoms with Crippen molar-refractivity contribution in [2.24, 2.45) is 0 Å². The molecule has 0 aromatic carbocycles. The van der Waals surface area contributed by atoms with E-state index in [2.05, 4.69) is 44.4 Å². The molecule has 6 nitrogen and oxygen atoms in total. The fraction of sp³-hybridized carbons (Fsp3) is 0.600. The van der Waals surface area contributed by atoms with E-state index in [1.807, 2.05) is 36.2 Å². The van der Waals surface area contributed by atoms with Gasteiger partial charge in [-0.1, -0.05) is 18.2 Å². The number of carbonyl (C=O) groups excluding carboxylic acids is 1. The average molecular weight is 458 g/mol. The van der Waals surface area contributed by atoms with E-state index in [0.717, 1.165) is 45.6 Å². The molecule has 0 spiro atoms. The van der Waals surface area contributed by atoms with E-state index in [9.17, 15) is 4.79 Å². The average Bonchev–Trinajstić information content (AvgIpc) is 3.32. The van der Waals surface area contributed by atoms with Crippen LogP contribution in [0.3, 0.4) is 0 Å². The van der Waals surface area contributed by atoms with Gasteiger partial charge in [0.25, 0.3) is 0 Å². The van der Waals surface area contributed by atoms with Gasteiger partial charge < -0.3 is 15.1 Å². The van der Waals surface area contributed by atoms with Crippen molar-refractivity contribution in [3.63, 3.8) is 0 Å². The van der Waals surface area contributed by atoms with Crippen molar-refractivity contribution in [1.82, 2.24) is 25.0 Å². The minimum Gasteiger partial charge on any atom is -0.335 e. The Kier molecular flexibility index (Phi) is 12.1. The minimum atomic E-state index is 0.0249. The van der Waals surface area contributed by atoms with Crippen LogP contribution >= 0.6 is 11.3 Å². The summed E-state index contributed by atoms with van der Waals surface area (Å²) in [4.78, 5) is 24.1. The maximum Gasteiger partial charge on any atom is 0.318 e. The SMILES string of the molecule is C#CC.C=CCN(C(=O)NC/C=C\C)C1CCN(C2CCN(Cc3nccs3)CC2)CC1. The Balaban J connectivity index is 0.00000114. The normalized spacial score (nSPS) is 18.5. The molecular formula is C25H39N5OS. The third-order valence-corrected chi connectivity index (χ3v) is 6.81. The Bertz CT molecular complexity index is 726. The van der Waals surface area contributed by atoms with Crippen molar-refractivity contribution >= 4 is 17.4 Å². The van der Waals surface area contributed by atoms with Crippen molar-refractivity contribution in [3.8, 4) is 12.3 Å². The number of allylic oxidation sites excluding steroid dienone is 1. The number of nitrogens with zero attached hydrogens (tertiary/aromatic N) is 4. The molecule has 2 fully saturated rings. The van der Waals surface area contributed by atoms with Gasteiger partial charge in [0.1, 0.15) is 5.01 Å². The van der Waals surface area contributed by atoms with Crippen LogP contribution in [-0.4, -0.2) is 77.1 Å². The van der Waals surface area contributed by atoms with Gasteiger partial charge >= 0.3 is 6.03 Å². The van der Waals surface area contributed by atoms with Crippen molar-refractivity contribution < 1.29 is 4.79 Å². The summed E-state index contributed by atoms with van der Waals surface area (Å²) in [6.07, 6.45) is 16.8. The molecule has 0 aliphatic carbocycles. The lowest BCUT2D eigenvalue weighted by Gasteiger charge is -2.43. The van der Waals surface area contributed by atoms with Crippen LogP contribution < -0.4 is 5.32 Å². The van der Waals surface area contributed by atoms with Crippen LogP contribution in [0.2, 0.25) is 0 Å². The van der Waals surface area contributed by atoms with E-state index in [4.69, 9.17) is 0 Å². The minimum absolute atomic E-state index is 0.0249. The third kappa shape index (κ3) is 8.42. The molecule has 32 heavy (non-hydrogen) atoms. The molecule has 0 saturated carbocycles. The van der Waals surface area contributed by atoms with E-state index >= 15 is 0 Å². The Morgan fingerprint density at radius 1 is 1.34 bits per heavy atom. The third-order valence-electron chi connectivity index (χ3n) is 6.05. The molecule has 3 heterocycles. The van der Waals surface area contributed by atoms with Crippen LogP contribution in [0.5, 0.6) is 0 Å². The second-order valence-electron chi connectivity index (χ2n) is 8.19. The molecule has 2 aliphatic heterocycles. The quantitative estimate of drug-likeness (QED) is 0.474. The highest BCUT2D eigenvalue weighted by atomic mass is 32.1. The zero-order valence-electron chi connectivity index (χ0n) is 19.7. The summed E-state index contributed by atoms with van der Waals surface area (Å²) in [5.41, 5.74) is 0. The lowest BCUT2D eigenvalue weighted by atomic mass is 9.97. The smallest absolute Gasteiger partial charge is 0.318 e. The van der Waals surface area contributed by atoms with Gasteiger partial charge in [0, 0.05) is 62.9 Å². The number of urea groups is 1. The first-order valence-corrected chi connectivity index (χ1v) is 12.5. The summed E-state index contributed by atoms with van der Waals surface area (Å²) in [5.74, 6) is 2.25. The predicted molar refractivity (Wildman–Crippen MR) is 135 cm³/mol. The maximum absolute atomic E-state index is 12.6. The Hall–Kier alpha value is -2.14. The summed E-state index contributed by atoms with van der Waals surface area (Å²) in [7, 11) is 0. The first-order valence-electron chi connectivity index (χ1n) is 11.6. The van der Waals surface area contributed by atoms with Gasteiger partial charge in [0.2, 0.25) is 0 Å². The number of hydrogen-bond donors (Lipinski definition) is 1. The van der Waals surface area contributed by atoms with E-state index in [1.165, 1.54) is 17.8 Å². The molecule has 1 aromatic rings. The van der Waals surface area contributed by atoms with Gasteiger partial charge in [0.05, 0.1) is 6.54 Å². The second kappa shape index (κ2) is 14.8. The van der Waals surface area contributed by atoms with Crippen molar-refractivity contribution in [3.05, 3.63) is 41.4 Å². The van der Waals surface area contributed by atoms with Crippen LogP contribution in [0.15, 0.2) is 36.4 Å². The molecule has 2 aliphatic rings. The Morgan fingerprint density at radius 3 is 2.59 bits per heavy atom. The molecule has 0 bridgehead atoms. The van der Waals surface area contributed by atoms with Crippen molar-refractivity contribution in [2.45, 2.75) is 58.2 Å². The fourth-order valence-corrected chi connectivity index (χ4v) is 5.09. The molecule has 0 radical (unpaired) electrons. The lowest BCUT2D eigenvalue weighted by molar-refractivity contribution is 0.0638. The van der Waals surface area contributed by atoms with Crippen LogP contribution in [0.4, 0.5) is 4.79 Å². The first-order chi connectivity index (χ1) is 15.6. The number of rotatable bonds is 8. The highest BCUT2D eigenvalue weighted by Gasteiger charge is 2.31. The Morgan fingerprint density at radius 2 is 2.03 bits per heavy atom. The molecule has 0 atom stereocenters. The van der Waals surface area contributed by atoms with Gasteiger partial charge in [-0.25, -0.2) is 9.78 Å². The molecule has 176 valence electrons. The number of piperidine rings is 2. The number of hydrogen-bond acceptors (Lipinski definition) is 5. The first kappa shape index (κ1) is 26.1. The van der Waals surface area contributed by atoms with E-state index < -0.39 is 0 Å². The van der Waals surface area contributed by atoms with E-state index in [0.29, 0.717) is 25.2 Å². The second-order valence-corrected chi connectivity index (χ2v) is 9.16. The molecule has 2 amide bonds. The lowest BCUT2D eigenvalue weighted by Crippen LogP contribution is -2.53. The molecule has 7 heteroatoms. The highest BCUT2D eigenvalue weighted by molar-refractivity contribution is 7.09. The van der Waals surface area contributed by atoms with Gasteiger partial charge in [-0.15, -0.1) is 30.3 Å². The van der Waals surface area contributed by atoms with E-state index in [1.54, 1.807) is 18.3 Å². The standard InChI is InChI=1S/C22H35N5OS.C3H4/c1-3-5-10-24-22(28)27(12-4-2)20-8-15-26(16-9-20)19-6-13-25(14-7-19)18-21-23-11-17-29-21;1-3-2/h3-5,11,17,19-20H,2,6-10,12-16,18H2,1H3,(H,24,28);1H,2H3/b5-3-;. The summed E-state index contributed by atoms with van der Waals surface area (Å²) < 4.78 is 0. The largest absolute Gasteiger partial charge is 0.335 e. The zero-order valence-corrected chi connectivity index (χ0v) is 20.5. The predicted octanol–water partition coefficient (Wildman–Crippen LogP) is 3.99. The molecule has 3 rings (SSSR count). The zero-order chi connectivity index (χ0) is 23.2. The Labute approximate surface area is 198 Å². The molecule has 1 N–H and O–H groups in total. The molecule has 2 saturated heterocycles. The summed E-state index contributed by atoms with van der Waals surface area (Å²) in [5, 5.41) is 6.27.